The van der Waals surface area contributed by atoms with Gasteiger partial charge in [-0.25, -0.2) is 12.7 Å². The Kier molecular flexibility index (Phi) is 6.41. The molecule has 2 saturated heterocycles. The third kappa shape index (κ3) is 5.44. The number of likely N-dealkylation sites (tertiary alicyclic amines) is 1. The first-order valence-electron chi connectivity index (χ1n) is 9.73. The van der Waals surface area contributed by atoms with Crippen LogP contribution < -0.4 is 5.32 Å². The molecule has 0 bridgehead atoms. The first kappa shape index (κ1) is 20.1. The first-order chi connectivity index (χ1) is 12.8. The smallest absolute Gasteiger partial charge is 0.211 e. The Hall–Kier alpha value is -1.61. The van der Waals surface area contributed by atoms with Crippen LogP contribution in [0.5, 0.6) is 0 Å². The number of hydrogen-bond acceptors (Lipinski definition) is 4. The van der Waals surface area contributed by atoms with Crippen molar-refractivity contribution >= 4 is 16.0 Å². The van der Waals surface area contributed by atoms with E-state index in [0.29, 0.717) is 24.9 Å². The van der Waals surface area contributed by atoms with Crippen molar-refractivity contribution in [1.82, 2.24) is 24.3 Å². The molecule has 2 fully saturated rings. The van der Waals surface area contributed by atoms with Gasteiger partial charge in [0.15, 0.2) is 5.96 Å². The number of aryl methyl sites for hydroxylation is 1. The second-order valence-electron chi connectivity index (χ2n) is 7.86. The van der Waals surface area contributed by atoms with Crippen molar-refractivity contribution in [1.29, 1.82) is 0 Å². The highest BCUT2D eigenvalue weighted by atomic mass is 32.2. The van der Waals surface area contributed by atoms with Crippen LogP contribution in [0.2, 0.25) is 0 Å². The first-order valence-corrected chi connectivity index (χ1v) is 11.6. The summed E-state index contributed by atoms with van der Waals surface area (Å²) in [5, 5.41) is 7.77. The molecule has 0 radical (unpaired) electrons. The lowest BCUT2D eigenvalue weighted by molar-refractivity contribution is 0.273. The Labute approximate surface area is 162 Å². The Bertz CT molecular complexity index is 752. The number of piperidine rings is 1. The van der Waals surface area contributed by atoms with Gasteiger partial charge in [0.1, 0.15) is 0 Å². The SMILES string of the molecule is CN=C(NCC1CCN(S(C)(=O)=O)CC1)N1CCC(Cc2cnn(C)c2)C1. The van der Waals surface area contributed by atoms with E-state index in [1.54, 1.807) is 4.31 Å². The summed E-state index contributed by atoms with van der Waals surface area (Å²) in [7, 11) is 0.738. The standard InChI is InChI=1S/C18H32N6O2S/c1-19-18(20-11-15-5-8-24(9-6-15)27(3,25)26)23-7-4-16(14-23)10-17-12-21-22(2)13-17/h12-13,15-16H,4-11,14H2,1-3H3,(H,19,20). The Morgan fingerprint density at radius 3 is 2.56 bits per heavy atom. The number of sulfonamides is 1. The van der Waals surface area contributed by atoms with E-state index in [0.717, 1.165) is 44.9 Å². The lowest BCUT2D eigenvalue weighted by atomic mass is 9.98. The molecule has 3 heterocycles. The highest BCUT2D eigenvalue weighted by Crippen LogP contribution is 2.22. The van der Waals surface area contributed by atoms with Crippen LogP contribution in [0.3, 0.4) is 0 Å². The predicted molar refractivity (Wildman–Crippen MR) is 107 cm³/mol. The van der Waals surface area contributed by atoms with Crippen LogP contribution in [0.1, 0.15) is 24.8 Å². The van der Waals surface area contributed by atoms with E-state index in [2.05, 4.69) is 26.5 Å². The van der Waals surface area contributed by atoms with Crippen LogP contribution in [-0.2, 0) is 23.5 Å². The van der Waals surface area contributed by atoms with Gasteiger partial charge in [0.05, 0.1) is 12.5 Å². The number of nitrogens with zero attached hydrogens (tertiary/aromatic N) is 5. The van der Waals surface area contributed by atoms with Crippen LogP contribution in [0.25, 0.3) is 0 Å². The Morgan fingerprint density at radius 2 is 1.96 bits per heavy atom. The van der Waals surface area contributed by atoms with Crippen molar-refractivity contribution < 1.29 is 8.42 Å². The normalized spacial score (nSPS) is 23.1. The van der Waals surface area contributed by atoms with Crippen LogP contribution in [0.15, 0.2) is 17.4 Å². The fraction of sp³-hybridized carbons (Fsp3) is 0.778. The molecule has 0 amide bonds. The number of guanidine groups is 1. The molecule has 8 nitrogen and oxygen atoms in total. The summed E-state index contributed by atoms with van der Waals surface area (Å²) in [5.41, 5.74) is 1.30. The fourth-order valence-corrected chi connectivity index (χ4v) is 4.99. The molecular weight excluding hydrogens is 364 g/mol. The number of rotatable bonds is 5. The van der Waals surface area contributed by atoms with Gasteiger partial charge in [-0.15, -0.1) is 0 Å². The van der Waals surface area contributed by atoms with E-state index >= 15 is 0 Å². The lowest BCUT2D eigenvalue weighted by Gasteiger charge is -2.31. The van der Waals surface area contributed by atoms with E-state index in [1.807, 2.05) is 25.0 Å². The minimum atomic E-state index is -3.05. The summed E-state index contributed by atoms with van der Waals surface area (Å²) < 4.78 is 26.7. The Morgan fingerprint density at radius 1 is 1.26 bits per heavy atom. The molecule has 27 heavy (non-hydrogen) atoms. The topological polar surface area (TPSA) is 82.8 Å². The van der Waals surface area contributed by atoms with Crippen molar-refractivity contribution in [2.45, 2.75) is 25.7 Å². The molecule has 2 aliphatic heterocycles. The largest absolute Gasteiger partial charge is 0.356 e. The average Bonchev–Trinajstić information content (AvgIpc) is 3.25. The van der Waals surface area contributed by atoms with Crippen molar-refractivity contribution in [2.75, 3.05) is 46.0 Å². The molecule has 1 aromatic rings. The zero-order valence-corrected chi connectivity index (χ0v) is 17.5. The van der Waals surface area contributed by atoms with Gasteiger partial charge in [0.25, 0.3) is 0 Å². The third-order valence-electron chi connectivity index (χ3n) is 5.67. The zero-order chi connectivity index (χ0) is 19.4. The van der Waals surface area contributed by atoms with Gasteiger partial charge >= 0.3 is 0 Å². The molecule has 1 aromatic heterocycles. The molecule has 2 aliphatic rings. The number of nitrogens with one attached hydrogen (secondary N) is 1. The third-order valence-corrected chi connectivity index (χ3v) is 6.97. The van der Waals surface area contributed by atoms with E-state index in [-0.39, 0.29) is 0 Å². The summed E-state index contributed by atoms with van der Waals surface area (Å²) in [5.74, 6) is 2.09. The van der Waals surface area contributed by atoms with Gasteiger partial charge in [0.2, 0.25) is 10.0 Å². The zero-order valence-electron chi connectivity index (χ0n) is 16.6. The van der Waals surface area contributed by atoms with Crippen LogP contribution in [0.4, 0.5) is 0 Å². The number of aromatic nitrogens is 2. The van der Waals surface area contributed by atoms with Crippen molar-refractivity contribution in [2.24, 2.45) is 23.9 Å². The van der Waals surface area contributed by atoms with E-state index in [4.69, 9.17) is 0 Å². The molecule has 1 unspecified atom stereocenters. The molecular formula is C18H32N6O2S. The minimum Gasteiger partial charge on any atom is -0.356 e. The molecule has 9 heteroatoms. The maximum absolute atomic E-state index is 11.6. The molecule has 0 spiro atoms. The van der Waals surface area contributed by atoms with Crippen molar-refractivity contribution in [3.05, 3.63) is 18.0 Å². The number of aliphatic imine (C=N–C) groups is 1. The maximum atomic E-state index is 11.6. The van der Waals surface area contributed by atoms with Gasteiger partial charge in [-0.2, -0.15) is 5.10 Å². The summed E-state index contributed by atoms with van der Waals surface area (Å²) in [6.45, 7) is 4.15. The van der Waals surface area contributed by atoms with E-state index in [9.17, 15) is 8.42 Å². The van der Waals surface area contributed by atoms with Crippen molar-refractivity contribution in [3.63, 3.8) is 0 Å². The minimum absolute atomic E-state index is 0.494. The lowest BCUT2D eigenvalue weighted by Crippen LogP contribution is -2.45. The average molecular weight is 397 g/mol. The second-order valence-corrected chi connectivity index (χ2v) is 9.84. The van der Waals surface area contributed by atoms with Gasteiger partial charge in [-0.05, 0) is 43.1 Å². The van der Waals surface area contributed by atoms with Crippen LogP contribution >= 0.6 is 0 Å². The predicted octanol–water partition coefficient (Wildman–Crippen LogP) is 0.532. The molecule has 0 saturated carbocycles. The molecule has 1 atom stereocenters. The Balaban J connectivity index is 1.43. The van der Waals surface area contributed by atoms with Gasteiger partial charge in [-0.3, -0.25) is 9.67 Å². The second kappa shape index (κ2) is 8.60. The maximum Gasteiger partial charge on any atom is 0.211 e. The summed E-state index contributed by atoms with van der Waals surface area (Å²) in [4.78, 5) is 6.80. The van der Waals surface area contributed by atoms with Gasteiger partial charge < -0.3 is 10.2 Å². The van der Waals surface area contributed by atoms with Gasteiger partial charge in [-0.1, -0.05) is 0 Å². The van der Waals surface area contributed by atoms with Crippen LogP contribution in [-0.4, -0.2) is 79.4 Å². The quantitative estimate of drug-likeness (QED) is 0.580. The van der Waals surface area contributed by atoms with Crippen molar-refractivity contribution in [3.8, 4) is 0 Å². The fourth-order valence-electron chi connectivity index (χ4n) is 4.12. The summed E-state index contributed by atoms with van der Waals surface area (Å²) in [6.07, 6.45) is 9.38. The van der Waals surface area contributed by atoms with Crippen LogP contribution in [0, 0.1) is 11.8 Å². The summed E-state index contributed by atoms with van der Waals surface area (Å²) >= 11 is 0. The highest BCUT2D eigenvalue weighted by Gasteiger charge is 2.27. The molecule has 1 N–H and O–H groups in total. The summed E-state index contributed by atoms with van der Waals surface area (Å²) in [6, 6.07) is 0. The number of hydrogen-bond donors (Lipinski definition) is 1. The monoisotopic (exact) mass is 396 g/mol. The van der Waals surface area contributed by atoms with E-state index in [1.165, 1.54) is 18.2 Å². The molecule has 0 aromatic carbocycles. The molecule has 152 valence electrons. The van der Waals surface area contributed by atoms with Gasteiger partial charge in [0, 0.05) is 53.0 Å². The molecule has 0 aliphatic carbocycles. The highest BCUT2D eigenvalue weighted by molar-refractivity contribution is 7.88. The van der Waals surface area contributed by atoms with E-state index < -0.39 is 10.0 Å². The molecule has 3 rings (SSSR count).